The largest absolute Gasteiger partial charge is 0.497 e. The van der Waals surface area contributed by atoms with Gasteiger partial charge >= 0.3 is 0 Å². The second-order valence-corrected chi connectivity index (χ2v) is 7.59. The number of ether oxygens (including phenoxy) is 2. The number of nitrogens with zero attached hydrogens (tertiary/aromatic N) is 1. The van der Waals surface area contributed by atoms with Crippen LogP contribution in [0.2, 0.25) is 0 Å². The molecule has 7 heteroatoms. The van der Waals surface area contributed by atoms with Gasteiger partial charge in [-0.1, -0.05) is 12.1 Å². The van der Waals surface area contributed by atoms with Crippen LogP contribution in [0, 0.1) is 6.92 Å². The first-order valence-corrected chi connectivity index (χ1v) is 10.9. The van der Waals surface area contributed by atoms with Crippen LogP contribution < -0.4 is 14.8 Å². The summed E-state index contributed by atoms with van der Waals surface area (Å²) in [6.45, 7) is 4.95. The summed E-state index contributed by atoms with van der Waals surface area (Å²) in [6, 6.07) is 15.3. The Morgan fingerprint density at radius 1 is 1.17 bits per heavy atom. The van der Waals surface area contributed by atoms with Crippen molar-refractivity contribution in [1.82, 2.24) is 10.3 Å². The van der Waals surface area contributed by atoms with Gasteiger partial charge in [-0.3, -0.25) is 4.79 Å². The van der Waals surface area contributed by atoms with E-state index >= 15 is 0 Å². The van der Waals surface area contributed by atoms with Crippen LogP contribution in [0.5, 0.6) is 11.5 Å². The van der Waals surface area contributed by atoms with Crippen molar-refractivity contribution in [1.29, 1.82) is 0 Å². The van der Waals surface area contributed by atoms with Crippen molar-refractivity contribution in [2.45, 2.75) is 26.1 Å². The zero-order valence-electron chi connectivity index (χ0n) is 17.4. The van der Waals surface area contributed by atoms with E-state index in [1.165, 1.54) is 11.8 Å². The van der Waals surface area contributed by atoms with E-state index in [1.807, 2.05) is 62.4 Å². The first kappa shape index (κ1) is 21.8. The van der Waals surface area contributed by atoms with Gasteiger partial charge < -0.3 is 19.2 Å². The number of carbonyl (C=O) groups excluding carboxylic acids is 1. The molecule has 1 aromatic heterocycles. The van der Waals surface area contributed by atoms with Gasteiger partial charge in [-0.25, -0.2) is 4.98 Å². The van der Waals surface area contributed by atoms with Gasteiger partial charge in [0, 0.05) is 17.9 Å². The van der Waals surface area contributed by atoms with Crippen molar-refractivity contribution in [2.24, 2.45) is 0 Å². The molecule has 0 aliphatic heterocycles. The molecule has 30 heavy (non-hydrogen) atoms. The molecule has 0 radical (unpaired) electrons. The highest BCUT2D eigenvalue weighted by molar-refractivity contribution is 7.99. The number of nitrogens with one attached hydrogen (secondary N) is 1. The van der Waals surface area contributed by atoms with Gasteiger partial charge in [-0.05, 0) is 55.8 Å². The molecule has 0 bridgehead atoms. The van der Waals surface area contributed by atoms with Crippen LogP contribution in [0.3, 0.4) is 0 Å². The Labute approximate surface area is 181 Å². The van der Waals surface area contributed by atoms with E-state index in [-0.39, 0.29) is 5.91 Å². The molecule has 0 aliphatic carbocycles. The van der Waals surface area contributed by atoms with Gasteiger partial charge in [0.1, 0.15) is 17.3 Å². The number of amides is 1. The Bertz CT molecular complexity index is 970. The van der Waals surface area contributed by atoms with Gasteiger partial charge in [0.2, 0.25) is 11.8 Å². The Morgan fingerprint density at radius 3 is 2.70 bits per heavy atom. The molecule has 3 rings (SSSR count). The first-order chi connectivity index (χ1) is 14.6. The number of hydrogen-bond donors (Lipinski definition) is 1. The standard InChI is InChI=1S/C23H26N2O4S/c1-4-28-19-10-8-18(9-11-19)23-25-21(16(2)29-23)14-30-15-22(26)24-13-17-6-5-7-20(12-17)27-3/h5-12H,4,13-15H2,1-3H3,(H,24,26). The van der Waals surface area contributed by atoms with E-state index in [2.05, 4.69) is 10.3 Å². The minimum atomic E-state index is -0.0179. The van der Waals surface area contributed by atoms with Crippen LogP contribution in [0.4, 0.5) is 0 Å². The maximum Gasteiger partial charge on any atom is 0.230 e. The fraction of sp³-hybridized carbons (Fsp3) is 0.304. The minimum absolute atomic E-state index is 0.0179. The Balaban J connectivity index is 1.48. The van der Waals surface area contributed by atoms with E-state index in [0.29, 0.717) is 30.5 Å². The topological polar surface area (TPSA) is 73.6 Å². The number of aromatic nitrogens is 1. The second-order valence-electron chi connectivity index (χ2n) is 6.60. The Morgan fingerprint density at radius 2 is 1.97 bits per heavy atom. The SMILES string of the molecule is CCOc1ccc(-c2nc(CSCC(=O)NCc3cccc(OC)c3)c(C)o2)cc1. The molecule has 1 heterocycles. The molecule has 6 nitrogen and oxygen atoms in total. The second kappa shape index (κ2) is 10.7. The molecule has 1 amide bonds. The molecular weight excluding hydrogens is 400 g/mol. The highest BCUT2D eigenvalue weighted by Gasteiger charge is 2.12. The lowest BCUT2D eigenvalue weighted by molar-refractivity contribution is -0.118. The van der Waals surface area contributed by atoms with Gasteiger partial charge in [0.15, 0.2) is 0 Å². The molecule has 158 valence electrons. The van der Waals surface area contributed by atoms with Gasteiger partial charge in [0.25, 0.3) is 0 Å². The lowest BCUT2D eigenvalue weighted by Crippen LogP contribution is -2.24. The average Bonchev–Trinajstić information content (AvgIpc) is 3.13. The van der Waals surface area contributed by atoms with Crippen molar-refractivity contribution in [3.63, 3.8) is 0 Å². The summed E-state index contributed by atoms with van der Waals surface area (Å²) in [5, 5.41) is 2.93. The van der Waals surface area contributed by atoms with E-state index in [1.54, 1.807) is 7.11 Å². The maximum absolute atomic E-state index is 12.1. The lowest BCUT2D eigenvalue weighted by Gasteiger charge is -2.06. The quantitative estimate of drug-likeness (QED) is 0.510. The number of oxazole rings is 1. The molecule has 2 aromatic carbocycles. The number of aryl methyl sites for hydroxylation is 1. The molecule has 0 saturated heterocycles. The summed E-state index contributed by atoms with van der Waals surface area (Å²) in [6.07, 6.45) is 0. The van der Waals surface area contributed by atoms with Crippen molar-refractivity contribution >= 4 is 17.7 Å². The normalized spacial score (nSPS) is 10.6. The molecule has 0 spiro atoms. The van der Waals surface area contributed by atoms with Gasteiger partial charge in [0.05, 0.1) is 25.2 Å². The average molecular weight is 427 g/mol. The van der Waals surface area contributed by atoms with Crippen LogP contribution in [-0.2, 0) is 17.1 Å². The van der Waals surface area contributed by atoms with Crippen LogP contribution in [-0.4, -0.2) is 30.4 Å². The smallest absolute Gasteiger partial charge is 0.230 e. The van der Waals surface area contributed by atoms with Crippen molar-refractivity contribution in [3.8, 4) is 23.0 Å². The van der Waals surface area contributed by atoms with Crippen molar-refractivity contribution in [2.75, 3.05) is 19.5 Å². The number of methoxy groups -OCH3 is 1. The van der Waals surface area contributed by atoms with E-state index in [9.17, 15) is 4.79 Å². The minimum Gasteiger partial charge on any atom is -0.497 e. The van der Waals surface area contributed by atoms with Gasteiger partial charge in [-0.15, -0.1) is 11.8 Å². The molecule has 0 fully saturated rings. The van der Waals surface area contributed by atoms with Crippen molar-refractivity contribution < 1.29 is 18.7 Å². The van der Waals surface area contributed by atoms with E-state index in [4.69, 9.17) is 13.9 Å². The third kappa shape index (κ3) is 6.03. The summed E-state index contributed by atoms with van der Waals surface area (Å²) in [5.41, 5.74) is 2.75. The van der Waals surface area contributed by atoms with Crippen LogP contribution in [0.1, 0.15) is 23.9 Å². The number of carbonyl (C=O) groups is 1. The molecule has 3 aromatic rings. The Kier molecular flexibility index (Phi) is 7.79. The first-order valence-electron chi connectivity index (χ1n) is 9.76. The number of hydrogen-bond acceptors (Lipinski definition) is 6. The molecule has 0 aliphatic rings. The summed E-state index contributed by atoms with van der Waals surface area (Å²) in [5.74, 6) is 3.89. The van der Waals surface area contributed by atoms with Crippen LogP contribution >= 0.6 is 11.8 Å². The molecular formula is C23H26N2O4S. The monoisotopic (exact) mass is 426 g/mol. The third-order valence-electron chi connectivity index (χ3n) is 4.40. The van der Waals surface area contributed by atoms with E-state index in [0.717, 1.165) is 34.1 Å². The maximum atomic E-state index is 12.1. The molecule has 1 N–H and O–H groups in total. The molecule has 0 saturated carbocycles. The third-order valence-corrected chi connectivity index (χ3v) is 5.34. The molecule has 0 atom stereocenters. The van der Waals surface area contributed by atoms with Gasteiger partial charge in [-0.2, -0.15) is 0 Å². The highest BCUT2D eigenvalue weighted by atomic mass is 32.2. The number of thioether (sulfide) groups is 1. The summed E-state index contributed by atoms with van der Waals surface area (Å²) in [7, 11) is 1.63. The van der Waals surface area contributed by atoms with Crippen LogP contribution in [0.15, 0.2) is 52.9 Å². The fourth-order valence-corrected chi connectivity index (χ4v) is 3.67. The summed E-state index contributed by atoms with van der Waals surface area (Å²) >= 11 is 1.51. The van der Waals surface area contributed by atoms with Crippen molar-refractivity contribution in [3.05, 3.63) is 65.5 Å². The number of benzene rings is 2. The number of rotatable bonds is 10. The highest BCUT2D eigenvalue weighted by Crippen LogP contribution is 2.26. The Hall–Kier alpha value is -2.93. The summed E-state index contributed by atoms with van der Waals surface area (Å²) in [4.78, 5) is 16.7. The zero-order valence-corrected chi connectivity index (χ0v) is 18.3. The van der Waals surface area contributed by atoms with Crippen LogP contribution in [0.25, 0.3) is 11.5 Å². The zero-order chi connectivity index (χ0) is 21.3. The molecule has 0 unspecified atom stereocenters. The lowest BCUT2D eigenvalue weighted by atomic mass is 10.2. The predicted molar refractivity (Wildman–Crippen MR) is 119 cm³/mol. The van der Waals surface area contributed by atoms with E-state index < -0.39 is 0 Å². The summed E-state index contributed by atoms with van der Waals surface area (Å²) < 4.78 is 16.5. The fourth-order valence-electron chi connectivity index (χ4n) is 2.82. The predicted octanol–water partition coefficient (Wildman–Crippen LogP) is 4.61.